The first kappa shape index (κ1) is 31.5. The normalized spacial score (nSPS) is 12.0. The van der Waals surface area contributed by atoms with Gasteiger partial charge in [-0.1, -0.05) is 6.07 Å². The lowest BCUT2D eigenvalue weighted by atomic mass is 10.1. The van der Waals surface area contributed by atoms with Crippen molar-refractivity contribution in [2.24, 2.45) is 0 Å². The average Bonchev–Trinajstić information content (AvgIpc) is 3.48. The number of rotatable bonds is 6. The molecule has 4 heterocycles. The molecular formula is C37H24F3N5O3S. The zero-order valence-corrected chi connectivity index (χ0v) is 26.2. The summed E-state index contributed by atoms with van der Waals surface area (Å²) in [5, 5.41) is 5.15. The van der Waals surface area contributed by atoms with Gasteiger partial charge in [0, 0.05) is 52.4 Å². The number of halogens is 3. The minimum atomic E-state index is -0.902. The number of pyridine rings is 2. The van der Waals surface area contributed by atoms with Gasteiger partial charge in [0.25, 0.3) is 17.7 Å². The number of amides is 3. The molecule has 3 amide bonds. The van der Waals surface area contributed by atoms with Gasteiger partial charge < -0.3 is 15.5 Å². The van der Waals surface area contributed by atoms with E-state index in [2.05, 4.69) is 20.6 Å². The van der Waals surface area contributed by atoms with E-state index in [0.717, 1.165) is 34.6 Å². The number of hydrogen-bond donors (Lipinski definition) is 2. The Morgan fingerprint density at radius 2 is 1.53 bits per heavy atom. The molecule has 0 aliphatic carbocycles. The fraction of sp³-hybridized carbons (Fsp3) is 0.0541. The Balaban J connectivity index is 1.11. The average molecular weight is 676 g/mol. The third-order valence-electron chi connectivity index (χ3n) is 7.97. The number of hydrogen-bond acceptors (Lipinski definition) is 6. The molecule has 0 bridgehead atoms. The summed E-state index contributed by atoms with van der Waals surface area (Å²) >= 11 is 1.09. The molecule has 0 saturated heterocycles. The minimum absolute atomic E-state index is 0.166. The standard InChI is InChI=1S/C37H24F3N5O3S/c38-24-8-11-26-30(20-24)45(18-14-23-19-31(49-34(23)26)36(47)44-33-28(39)4-1-5-29(33)40)37(48)22-6-9-25(10-7-22)43-35(46)27-3-2-15-42-32(27)21-12-16-41-17-13-21/h1-13,15-17,19-20H,14,18H2,(H,43,46)(H,44,47). The number of nitrogens with one attached hydrogen (secondary N) is 2. The molecule has 0 fully saturated rings. The van der Waals surface area contributed by atoms with Crippen molar-refractivity contribution in [1.82, 2.24) is 9.97 Å². The summed E-state index contributed by atoms with van der Waals surface area (Å²) in [7, 11) is 0. The van der Waals surface area contributed by atoms with E-state index in [-0.39, 0.29) is 23.2 Å². The first-order valence-electron chi connectivity index (χ1n) is 15.0. The summed E-state index contributed by atoms with van der Waals surface area (Å²) in [6.45, 7) is 0.166. The molecule has 0 saturated carbocycles. The number of thiophene rings is 1. The van der Waals surface area contributed by atoms with Crippen LogP contribution in [0.15, 0.2) is 110 Å². The second-order valence-corrected chi connectivity index (χ2v) is 12.1. The van der Waals surface area contributed by atoms with E-state index < -0.39 is 29.0 Å². The Labute approximate surface area is 281 Å². The molecule has 0 spiro atoms. The molecule has 1 aliphatic rings. The minimum Gasteiger partial charge on any atom is -0.322 e. The Morgan fingerprint density at radius 1 is 0.776 bits per heavy atom. The van der Waals surface area contributed by atoms with Gasteiger partial charge in [-0.2, -0.15) is 0 Å². The topological polar surface area (TPSA) is 104 Å². The summed E-state index contributed by atoms with van der Waals surface area (Å²) in [4.78, 5) is 50.8. The lowest BCUT2D eigenvalue weighted by Crippen LogP contribution is -2.32. The Hall–Kier alpha value is -6.14. The molecule has 7 rings (SSSR count). The van der Waals surface area contributed by atoms with Gasteiger partial charge in [-0.25, -0.2) is 13.2 Å². The highest BCUT2D eigenvalue weighted by molar-refractivity contribution is 7.17. The van der Waals surface area contributed by atoms with E-state index in [0.29, 0.717) is 45.1 Å². The van der Waals surface area contributed by atoms with Crippen LogP contribution in [0, 0.1) is 17.5 Å². The van der Waals surface area contributed by atoms with E-state index >= 15 is 0 Å². The lowest BCUT2D eigenvalue weighted by Gasteiger charge is -2.23. The van der Waals surface area contributed by atoms with Crippen molar-refractivity contribution in [3.05, 3.63) is 149 Å². The number of aromatic nitrogens is 2. The van der Waals surface area contributed by atoms with Gasteiger partial charge in [-0.05, 0) is 96.9 Å². The van der Waals surface area contributed by atoms with E-state index in [1.165, 1.54) is 23.1 Å². The van der Waals surface area contributed by atoms with Crippen molar-refractivity contribution >= 4 is 46.1 Å². The Bertz CT molecular complexity index is 2220. The van der Waals surface area contributed by atoms with Gasteiger partial charge in [0.1, 0.15) is 23.1 Å². The van der Waals surface area contributed by atoms with Crippen LogP contribution >= 0.6 is 11.3 Å². The number of carbonyl (C=O) groups excluding carboxylic acids is 3. The highest BCUT2D eigenvalue weighted by atomic mass is 32.1. The second kappa shape index (κ2) is 13.2. The van der Waals surface area contributed by atoms with E-state index in [1.807, 2.05) is 0 Å². The van der Waals surface area contributed by atoms with Crippen LogP contribution < -0.4 is 15.5 Å². The summed E-state index contributed by atoms with van der Waals surface area (Å²) in [6.07, 6.45) is 5.17. The van der Waals surface area contributed by atoms with Crippen LogP contribution in [-0.2, 0) is 6.42 Å². The van der Waals surface area contributed by atoms with Crippen molar-refractivity contribution < 1.29 is 27.6 Å². The molecule has 12 heteroatoms. The molecule has 49 heavy (non-hydrogen) atoms. The molecule has 6 aromatic rings. The predicted octanol–water partition coefficient (Wildman–Crippen LogP) is 8.00. The molecule has 2 N–H and O–H groups in total. The van der Waals surface area contributed by atoms with Crippen LogP contribution in [0.1, 0.15) is 36.0 Å². The zero-order valence-electron chi connectivity index (χ0n) is 25.4. The molecule has 1 aliphatic heterocycles. The fourth-order valence-electron chi connectivity index (χ4n) is 5.61. The van der Waals surface area contributed by atoms with Crippen LogP contribution in [-0.4, -0.2) is 34.2 Å². The fourth-order valence-corrected chi connectivity index (χ4v) is 6.75. The van der Waals surface area contributed by atoms with E-state index in [1.54, 1.807) is 79.3 Å². The summed E-state index contributed by atoms with van der Waals surface area (Å²) < 4.78 is 43.0. The van der Waals surface area contributed by atoms with Gasteiger partial charge >= 0.3 is 0 Å². The van der Waals surface area contributed by atoms with Crippen molar-refractivity contribution in [1.29, 1.82) is 0 Å². The molecule has 3 aromatic heterocycles. The maximum absolute atomic E-state index is 14.6. The van der Waals surface area contributed by atoms with Gasteiger partial charge in [0.2, 0.25) is 0 Å². The maximum atomic E-state index is 14.6. The number of para-hydroxylation sites is 1. The van der Waals surface area contributed by atoms with Gasteiger partial charge in [-0.15, -0.1) is 11.3 Å². The second-order valence-electron chi connectivity index (χ2n) is 11.1. The summed E-state index contributed by atoms with van der Waals surface area (Å²) in [5.41, 5.74) is 3.40. The number of anilines is 3. The quantitative estimate of drug-likeness (QED) is 0.186. The largest absolute Gasteiger partial charge is 0.322 e. The van der Waals surface area contributed by atoms with Gasteiger partial charge in [0.15, 0.2) is 0 Å². The smallest absolute Gasteiger partial charge is 0.265 e. The molecule has 8 nitrogen and oxygen atoms in total. The third-order valence-corrected chi connectivity index (χ3v) is 9.18. The van der Waals surface area contributed by atoms with Crippen LogP contribution in [0.2, 0.25) is 0 Å². The highest BCUT2D eigenvalue weighted by Crippen LogP contribution is 2.42. The van der Waals surface area contributed by atoms with Gasteiger partial charge in [0.05, 0.1) is 21.8 Å². The van der Waals surface area contributed by atoms with Crippen molar-refractivity contribution in [2.75, 3.05) is 22.1 Å². The first-order valence-corrected chi connectivity index (χ1v) is 15.8. The number of benzene rings is 3. The monoisotopic (exact) mass is 675 g/mol. The van der Waals surface area contributed by atoms with Crippen molar-refractivity contribution in [3.8, 4) is 21.7 Å². The maximum Gasteiger partial charge on any atom is 0.265 e. The molecular weight excluding hydrogens is 652 g/mol. The number of fused-ring (bicyclic) bond motifs is 3. The molecule has 3 aromatic carbocycles. The summed E-state index contributed by atoms with van der Waals surface area (Å²) in [6, 6.07) is 22.2. The van der Waals surface area contributed by atoms with Crippen LogP contribution in [0.3, 0.4) is 0 Å². The third kappa shape index (κ3) is 6.29. The molecule has 0 radical (unpaired) electrons. The molecule has 0 unspecified atom stereocenters. The Morgan fingerprint density at radius 3 is 2.29 bits per heavy atom. The van der Waals surface area contributed by atoms with E-state index in [9.17, 15) is 27.6 Å². The van der Waals surface area contributed by atoms with Crippen LogP contribution in [0.5, 0.6) is 0 Å². The first-order chi connectivity index (χ1) is 23.8. The van der Waals surface area contributed by atoms with Gasteiger partial charge in [-0.3, -0.25) is 24.4 Å². The highest BCUT2D eigenvalue weighted by Gasteiger charge is 2.29. The van der Waals surface area contributed by atoms with Crippen molar-refractivity contribution in [2.45, 2.75) is 6.42 Å². The molecule has 0 atom stereocenters. The predicted molar refractivity (Wildman–Crippen MR) is 181 cm³/mol. The number of carbonyl (C=O) groups is 3. The number of nitrogens with zero attached hydrogens (tertiary/aromatic N) is 3. The zero-order chi connectivity index (χ0) is 34.1. The van der Waals surface area contributed by atoms with Crippen LogP contribution in [0.25, 0.3) is 21.7 Å². The summed E-state index contributed by atoms with van der Waals surface area (Å²) in [5.74, 6) is -3.82. The van der Waals surface area contributed by atoms with E-state index in [4.69, 9.17) is 0 Å². The Kier molecular flexibility index (Phi) is 8.45. The lowest BCUT2D eigenvalue weighted by molar-refractivity contribution is 0.0985. The molecule has 242 valence electrons. The van der Waals surface area contributed by atoms with Crippen molar-refractivity contribution in [3.63, 3.8) is 0 Å². The SMILES string of the molecule is O=C(Nc1c(F)cccc1F)c1cc2c(s1)-c1ccc(F)cc1N(C(=O)c1ccc(NC(=O)c3cccnc3-c3ccncc3)cc1)CC2. The van der Waals surface area contributed by atoms with Crippen LogP contribution in [0.4, 0.5) is 30.2 Å².